The van der Waals surface area contributed by atoms with Crippen molar-refractivity contribution in [2.75, 3.05) is 17.3 Å². The minimum atomic E-state index is -0.506. The summed E-state index contributed by atoms with van der Waals surface area (Å²) in [5.74, 6) is 0. The number of aryl methyl sites for hydroxylation is 1. The second kappa shape index (κ2) is 9.75. The fraction of sp³-hybridized carbons (Fsp3) is 0.292. The van der Waals surface area contributed by atoms with Gasteiger partial charge in [0.05, 0.1) is 12.8 Å². The number of ether oxygens (including phenoxy) is 1. The van der Waals surface area contributed by atoms with Crippen LogP contribution in [0.2, 0.25) is 0 Å². The second-order valence-electron chi connectivity index (χ2n) is 8.15. The van der Waals surface area contributed by atoms with Crippen LogP contribution in [0.15, 0.2) is 53.6 Å². The topological polar surface area (TPSA) is 75.6 Å². The van der Waals surface area contributed by atoms with Gasteiger partial charge in [-0.1, -0.05) is 86.2 Å². The van der Waals surface area contributed by atoms with Crippen LogP contribution < -0.4 is 10.7 Å². The highest BCUT2D eigenvalue weighted by molar-refractivity contribution is 7.20. The molecular formula is C24H28N4O2S. The number of carbonyl (C=O) groups is 1. The maximum atomic E-state index is 12.0. The molecule has 0 radical (unpaired) electrons. The molecule has 6 nitrogen and oxygen atoms in total. The van der Waals surface area contributed by atoms with Crippen LogP contribution in [-0.4, -0.2) is 23.9 Å². The Morgan fingerprint density at radius 3 is 2.42 bits per heavy atom. The molecule has 0 aliphatic rings. The molecule has 1 aromatic heterocycles. The first-order chi connectivity index (χ1) is 14.8. The van der Waals surface area contributed by atoms with E-state index in [4.69, 9.17) is 4.74 Å². The average molecular weight is 437 g/mol. The van der Waals surface area contributed by atoms with Crippen molar-refractivity contribution in [3.8, 4) is 11.3 Å². The van der Waals surface area contributed by atoms with Crippen molar-refractivity contribution in [2.24, 2.45) is 5.10 Å². The lowest BCUT2D eigenvalue weighted by Crippen LogP contribution is -2.12. The average Bonchev–Trinajstić information content (AvgIpc) is 3.11. The maximum Gasteiger partial charge on any atom is 0.412 e. The number of amides is 1. The summed E-state index contributed by atoms with van der Waals surface area (Å²) in [5, 5.41) is 8.27. The Hall–Kier alpha value is -3.19. The summed E-state index contributed by atoms with van der Waals surface area (Å²) in [5.41, 5.74) is 8.07. The summed E-state index contributed by atoms with van der Waals surface area (Å²) in [4.78, 5) is 16.6. The molecule has 0 atom stereocenters. The molecular weight excluding hydrogens is 408 g/mol. The normalized spacial score (nSPS) is 11.5. The monoisotopic (exact) mass is 436 g/mol. The van der Waals surface area contributed by atoms with Gasteiger partial charge in [0.1, 0.15) is 10.7 Å². The standard InChI is InChI=1S/C24H28N4O2S/c1-6-30-23(29)27-21-20(18-11-7-16(2)8-12-18)26-22(31-21)28-25-15-17-9-13-19(14-10-17)24(3,4)5/h7-15H,6H2,1-5H3,(H,26,28)(H,27,29)/b25-15+. The zero-order valence-corrected chi connectivity index (χ0v) is 19.3. The maximum absolute atomic E-state index is 12.0. The molecule has 0 spiro atoms. The fourth-order valence-corrected chi connectivity index (χ4v) is 3.67. The second-order valence-corrected chi connectivity index (χ2v) is 9.15. The van der Waals surface area contributed by atoms with E-state index in [1.54, 1.807) is 13.1 Å². The molecule has 2 N–H and O–H groups in total. The van der Waals surface area contributed by atoms with Gasteiger partial charge in [-0.3, -0.25) is 10.7 Å². The molecule has 0 unspecified atom stereocenters. The highest BCUT2D eigenvalue weighted by atomic mass is 32.1. The summed E-state index contributed by atoms with van der Waals surface area (Å²) < 4.78 is 5.02. The highest BCUT2D eigenvalue weighted by Crippen LogP contribution is 2.36. The van der Waals surface area contributed by atoms with Crippen molar-refractivity contribution in [2.45, 2.75) is 40.0 Å². The molecule has 0 bridgehead atoms. The van der Waals surface area contributed by atoms with E-state index in [0.717, 1.165) is 16.7 Å². The van der Waals surface area contributed by atoms with Crippen LogP contribution >= 0.6 is 11.3 Å². The van der Waals surface area contributed by atoms with Gasteiger partial charge >= 0.3 is 6.09 Å². The number of rotatable bonds is 6. The van der Waals surface area contributed by atoms with Gasteiger partial charge in [-0.2, -0.15) is 5.10 Å². The number of carbonyl (C=O) groups excluding carboxylic acids is 1. The highest BCUT2D eigenvalue weighted by Gasteiger charge is 2.16. The first-order valence-corrected chi connectivity index (χ1v) is 11.0. The number of thiazole rings is 1. The van der Waals surface area contributed by atoms with Gasteiger partial charge in [-0.05, 0) is 30.4 Å². The Labute approximate surface area is 187 Å². The summed E-state index contributed by atoms with van der Waals surface area (Å²) >= 11 is 1.31. The van der Waals surface area contributed by atoms with Crippen LogP contribution in [-0.2, 0) is 10.2 Å². The minimum Gasteiger partial charge on any atom is -0.450 e. The van der Waals surface area contributed by atoms with Gasteiger partial charge in [0.25, 0.3) is 0 Å². The first kappa shape index (κ1) is 22.5. The van der Waals surface area contributed by atoms with Crippen LogP contribution in [0.25, 0.3) is 11.3 Å². The third kappa shape index (κ3) is 6.15. The smallest absolute Gasteiger partial charge is 0.412 e. The molecule has 7 heteroatoms. The molecule has 162 valence electrons. The van der Waals surface area contributed by atoms with Crippen molar-refractivity contribution >= 4 is 33.8 Å². The number of hydrogen-bond donors (Lipinski definition) is 2. The quantitative estimate of drug-likeness (QED) is 0.345. The summed E-state index contributed by atoms with van der Waals surface area (Å²) in [6, 6.07) is 16.3. The van der Waals surface area contributed by atoms with Gasteiger partial charge in [0.2, 0.25) is 5.13 Å². The van der Waals surface area contributed by atoms with Crippen LogP contribution in [0.4, 0.5) is 14.9 Å². The van der Waals surface area contributed by atoms with E-state index in [1.165, 1.54) is 16.9 Å². The zero-order chi connectivity index (χ0) is 22.4. The van der Waals surface area contributed by atoms with E-state index in [2.05, 4.69) is 53.7 Å². The van der Waals surface area contributed by atoms with Gasteiger partial charge in [-0.15, -0.1) is 0 Å². The summed E-state index contributed by atoms with van der Waals surface area (Å²) in [6.45, 7) is 10.7. The predicted molar refractivity (Wildman–Crippen MR) is 129 cm³/mol. The van der Waals surface area contributed by atoms with E-state index < -0.39 is 6.09 Å². The third-order valence-corrected chi connectivity index (χ3v) is 5.47. The number of nitrogens with one attached hydrogen (secondary N) is 2. The SMILES string of the molecule is CCOC(=O)Nc1sc(N/N=C/c2ccc(C(C)(C)C)cc2)nc1-c1ccc(C)cc1. The van der Waals surface area contributed by atoms with Crippen LogP contribution in [0.3, 0.4) is 0 Å². The molecule has 2 aromatic carbocycles. The zero-order valence-electron chi connectivity index (χ0n) is 18.5. The first-order valence-electron chi connectivity index (χ1n) is 10.2. The summed E-state index contributed by atoms with van der Waals surface area (Å²) in [7, 11) is 0. The van der Waals surface area contributed by atoms with E-state index >= 15 is 0 Å². The number of aromatic nitrogens is 1. The van der Waals surface area contributed by atoms with E-state index in [0.29, 0.717) is 22.4 Å². The van der Waals surface area contributed by atoms with Crippen LogP contribution in [0.1, 0.15) is 44.4 Å². The molecule has 0 fully saturated rings. The molecule has 0 aliphatic heterocycles. The molecule has 3 aromatic rings. The largest absolute Gasteiger partial charge is 0.450 e. The van der Waals surface area contributed by atoms with Crippen molar-refractivity contribution in [1.29, 1.82) is 0 Å². The number of hydrazone groups is 1. The number of benzene rings is 2. The lowest BCUT2D eigenvalue weighted by atomic mass is 9.87. The minimum absolute atomic E-state index is 0.115. The van der Waals surface area contributed by atoms with Crippen molar-refractivity contribution in [1.82, 2.24) is 4.98 Å². The van der Waals surface area contributed by atoms with Crippen LogP contribution in [0.5, 0.6) is 0 Å². The van der Waals surface area contributed by atoms with E-state index in [1.807, 2.05) is 43.3 Å². The lowest BCUT2D eigenvalue weighted by molar-refractivity contribution is 0.168. The Morgan fingerprint density at radius 2 is 1.81 bits per heavy atom. The van der Waals surface area contributed by atoms with Crippen molar-refractivity contribution in [3.63, 3.8) is 0 Å². The number of hydrogen-bond acceptors (Lipinski definition) is 6. The van der Waals surface area contributed by atoms with Gasteiger partial charge in [-0.25, -0.2) is 9.78 Å². The van der Waals surface area contributed by atoms with Gasteiger partial charge in [0, 0.05) is 5.56 Å². The Kier molecular flexibility index (Phi) is 7.07. The molecule has 31 heavy (non-hydrogen) atoms. The molecule has 3 rings (SSSR count). The molecule has 0 saturated carbocycles. The van der Waals surface area contributed by atoms with Crippen molar-refractivity contribution < 1.29 is 9.53 Å². The van der Waals surface area contributed by atoms with E-state index in [-0.39, 0.29) is 5.41 Å². The van der Waals surface area contributed by atoms with E-state index in [9.17, 15) is 4.79 Å². The Bertz CT molecular complexity index is 1050. The molecule has 0 saturated heterocycles. The number of nitrogens with zero attached hydrogens (tertiary/aromatic N) is 2. The molecule has 1 amide bonds. The Balaban J connectivity index is 1.78. The van der Waals surface area contributed by atoms with Crippen molar-refractivity contribution in [3.05, 3.63) is 65.2 Å². The Morgan fingerprint density at radius 1 is 1.13 bits per heavy atom. The fourth-order valence-electron chi connectivity index (χ4n) is 2.85. The van der Waals surface area contributed by atoms with Crippen LogP contribution in [0, 0.1) is 6.92 Å². The van der Waals surface area contributed by atoms with Gasteiger partial charge < -0.3 is 4.74 Å². The predicted octanol–water partition coefficient (Wildman–Crippen LogP) is 6.43. The summed E-state index contributed by atoms with van der Waals surface area (Å²) in [6.07, 6.45) is 1.24. The van der Waals surface area contributed by atoms with Gasteiger partial charge in [0.15, 0.2) is 0 Å². The molecule has 0 aliphatic carbocycles. The third-order valence-electron chi connectivity index (χ3n) is 4.59. The number of anilines is 2. The molecule has 1 heterocycles. The lowest BCUT2D eigenvalue weighted by Gasteiger charge is -2.18.